The molecular formula is C12H10F3NO3. The number of nitrogens with two attached hydrogens (primary N) is 1. The molecule has 2 rings (SSSR count). The van der Waals surface area contributed by atoms with Crippen molar-refractivity contribution in [2.24, 2.45) is 5.73 Å². The third-order valence-electron chi connectivity index (χ3n) is 3.00. The van der Waals surface area contributed by atoms with Gasteiger partial charge in [-0.25, -0.2) is 9.59 Å². The lowest BCUT2D eigenvalue weighted by Crippen LogP contribution is -2.40. The molecule has 1 aliphatic rings. The van der Waals surface area contributed by atoms with Crippen molar-refractivity contribution in [3.63, 3.8) is 0 Å². The van der Waals surface area contributed by atoms with Crippen LogP contribution in [-0.4, -0.2) is 23.7 Å². The van der Waals surface area contributed by atoms with Crippen molar-refractivity contribution in [3.05, 3.63) is 35.9 Å². The SMILES string of the molecule is N[C@@]1(C(=O)OC(=O)C(F)(F)F)C[C@@H]1c1ccccc1. The van der Waals surface area contributed by atoms with E-state index in [0.29, 0.717) is 0 Å². The van der Waals surface area contributed by atoms with Gasteiger partial charge in [-0.1, -0.05) is 30.3 Å². The molecule has 2 N–H and O–H groups in total. The lowest BCUT2D eigenvalue weighted by atomic mass is 10.1. The Hall–Kier alpha value is -1.89. The van der Waals surface area contributed by atoms with Crippen LogP contribution in [0.2, 0.25) is 0 Å². The van der Waals surface area contributed by atoms with Gasteiger partial charge in [0.15, 0.2) is 0 Å². The second-order valence-corrected chi connectivity index (χ2v) is 4.38. The summed E-state index contributed by atoms with van der Waals surface area (Å²) in [5.74, 6) is -4.31. The second kappa shape index (κ2) is 4.34. The number of carbonyl (C=O) groups is 2. The molecule has 0 spiro atoms. The molecule has 0 aromatic heterocycles. The van der Waals surface area contributed by atoms with Crippen molar-refractivity contribution in [1.82, 2.24) is 0 Å². The predicted molar refractivity (Wildman–Crippen MR) is 57.9 cm³/mol. The molecule has 0 aliphatic heterocycles. The standard InChI is InChI=1S/C12H10F3NO3/c13-12(14,15)10(18)19-9(17)11(16)6-8(11)7-4-2-1-3-5-7/h1-5,8H,6,16H2/t8-,11+/m1/s1. The first-order valence-electron chi connectivity index (χ1n) is 5.42. The van der Waals surface area contributed by atoms with Crippen LogP contribution in [0, 0.1) is 0 Å². The maximum atomic E-state index is 12.0. The zero-order valence-corrected chi connectivity index (χ0v) is 9.61. The minimum absolute atomic E-state index is 0.154. The van der Waals surface area contributed by atoms with Gasteiger partial charge in [-0.2, -0.15) is 13.2 Å². The van der Waals surface area contributed by atoms with E-state index >= 15 is 0 Å². The number of esters is 2. The van der Waals surface area contributed by atoms with Gasteiger partial charge < -0.3 is 10.5 Å². The van der Waals surface area contributed by atoms with Gasteiger partial charge in [-0.3, -0.25) is 0 Å². The summed E-state index contributed by atoms with van der Waals surface area (Å²) in [5.41, 5.74) is 4.83. The summed E-state index contributed by atoms with van der Waals surface area (Å²) in [6, 6.07) is 8.62. The van der Waals surface area contributed by atoms with Gasteiger partial charge in [0.2, 0.25) is 0 Å². The number of benzene rings is 1. The lowest BCUT2D eigenvalue weighted by molar-refractivity contribution is -0.202. The molecule has 0 radical (unpaired) electrons. The molecule has 1 fully saturated rings. The zero-order chi connectivity index (χ0) is 14.3. The minimum atomic E-state index is -5.21. The quantitative estimate of drug-likeness (QED) is 0.655. The van der Waals surface area contributed by atoms with Gasteiger partial charge in [0.25, 0.3) is 0 Å². The summed E-state index contributed by atoms with van der Waals surface area (Å²) in [7, 11) is 0. The molecule has 0 heterocycles. The molecule has 1 saturated carbocycles. The summed E-state index contributed by atoms with van der Waals surface area (Å²) in [4.78, 5) is 22.1. The Morgan fingerprint density at radius 2 is 1.84 bits per heavy atom. The summed E-state index contributed by atoms with van der Waals surface area (Å²) in [5, 5.41) is 0. The van der Waals surface area contributed by atoms with Crippen molar-refractivity contribution in [2.75, 3.05) is 0 Å². The molecule has 102 valence electrons. The molecule has 0 bridgehead atoms. The Bertz CT molecular complexity index is 515. The first-order chi connectivity index (χ1) is 8.75. The first-order valence-corrected chi connectivity index (χ1v) is 5.42. The summed E-state index contributed by atoms with van der Waals surface area (Å²) >= 11 is 0. The van der Waals surface area contributed by atoms with E-state index < -0.39 is 29.6 Å². The topological polar surface area (TPSA) is 69.4 Å². The lowest BCUT2D eigenvalue weighted by Gasteiger charge is -2.11. The molecule has 0 amide bonds. The van der Waals surface area contributed by atoms with Crippen LogP contribution in [0.3, 0.4) is 0 Å². The molecular weight excluding hydrogens is 263 g/mol. The highest BCUT2D eigenvalue weighted by molar-refractivity contribution is 5.96. The number of halogens is 3. The van der Waals surface area contributed by atoms with E-state index in [1.54, 1.807) is 30.3 Å². The monoisotopic (exact) mass is 273 g/mol. The van der Waals surface area contributed by atoms with Crippen LogP contribution in [0.15, 0.2) is 30.3 Å². The summed E-state index contributed by atoms with van der Waals surface area (Å²) in [6.07, 6.45) is -5.05. The number of alkyl halides is 3. The average molecular weight is 273 g/mol. The first kappa shape index (κ1) is 13.5. The highest BCUT2D eigenvalue weighted by atomic mass is 19.4. The Morgan fingerprint density at radius 3 is 2.37 bits per heavy atom. The van der Waals surface area contributed by atoms with E-state index in [2.05, 4.69) is 4.74 Å². The van der Waals surface area contributed by atoms with E-state index in [4.69, 9.17) is 5.73 Å². The number of hydrogen-bond donors (Lipinski definition) is 1. The molecule has 1 aromatic carbocycles. The summed E-state index contributed by atoms with van der Waals surface area (Å²) in [6.45, 7) is 0. The molecule has 2 atom stereocenters. The van der Waals surface area contributed by atoms with Gasteiger partial charge in [0.05, 0.1) is 0 Å². The van der Waals surface area contributed by atoms with Crippen molar-refractivity contribution in [2.45, 2.75) is 24.1 Å². The zero-order valence-electron chi connectivity index (χ0n) is 9.61. The number of rotatable bonds is 2. The molecule has 7 heteroatoms. The van der Waals surface area contributed by atoms with E-state index in [1.807, 2.05) is 0 Å². The number of carbonyl (C=O) groups excluding carboxylic acids is 2. The van der Waals surface area contributed by atoms with Crippen LogP contribution in [0.5, 0.6) is 0 Å². The van der Waals surface area contributed by atoms with Crippen LogP contribution in [0.4, 0.5) is 13.2 Å². The maximum absolute atomic E-state index is 12.0. The van der Waals surface area contributed by atoms with Gasteiger partial charge in [-0.15, -0.1) is 0 Å². The third-order valence-corrected chi connectivity index (χ3v) is 3.00. The van der Waals surface area contributed by atoms with Crippen molar-refractivity contribution < 1.29 is 27.5 Å². The van der Waals surface area contributed by atoms with Gasteiger partial charge in [0.1, 0.15) is 5.54 Å². The predicted octanol–water partition coefficient (Wildman–Crippen LogP) is 1.50. The smallest absolute Gasteiger partial charge is 0.385 e. The van der Waals surface area contributed by atoms with E-state index in [-0.39, 0.29) is 6.42 Å². The Balaban J connectivity index is 2.04. The molecule has 1 aromatic rings. The van der Waals surface area contributed by atoms with Crippen LogP contribution in [0.25, 0.3) is 0 Å². The third kappa shape index (κ3) is 2.60. The fraction of sp³-hybridized carbons (Fsp3) is 0.333. The van der Waals surface area contributed by atoms with Crippen molar-refractivity contribution in [1.29, 1.82) is 0 Å². The maximum Gasteiger partial charge on any atom is 0.491 e. The van der Waals surface area contributed by atoms with Crippen molar-refractivity contribution in [3.8, 4) is 0 Å². The summed E-state index contributed by atoms with van der Waals surface area (Å²) < 4.78 is 39.7. The fourth-order valence-corrected chi connectivity index (χ4v) is 1.84. The largest absolute Gasteiger partial charge is 0.491 e. The second-order valence-electron chi connectivity index (χ2n) is 4.38. The average Bonchev–Trinajstić information content (AvgIpc) is 3.03. The van der Waals surface area contributed by atoms with Gasteiger partial charge >= 0.3 is 18.1 Å². The highest BCUT2D eigenvalue weighted by Gasteiger charge is 2.60. The number of hydrogen-bond acceptors (Lipinski definition) is 4. The Labute approximate surface area is 106 Å². The molecule has 4 nitrogen and oxygen atoms in total. The highest BCUT2D eigenvalue weighted by Crippen LogP contribution is 2.50. The van der Waals surface area contributed by atoms with E-state index in [0.717, 1.165) is 5.56 Å². The minimum Gasteiger partial charge on any atom is -0.385 e. The normalized spacial score (nSPS) is 25.8. The van der Waals surface area contributed by atoms with E-state index in [9.17, 15) is 22.8 Å². The Morgan fingerprint density at radius 1 is 1.26 bits per heavy atom. The molecule has 0 saturated heterocycles. The molecule has 19 heavy (non-hydrogen) atoms. The van der Waals surface area contributed by atoms with Crippen LogP contribution >= 0.6 is 0 Å². The number of ether oxygens (including phenoxy) is 1. The Kier molecular flexibility index (Phi) is 3.09. The molecule has 0 unspecified atom stereocenters. The van der Waals surface area contributed by atoms with Crippen LogP contribution < -0.4 is 5.73 Å². The van der Waals surface area contributed by atoms with Crippen LogP contribution in [-0.2, 0) is 14.3 Å². The van der Waals surface area contributed by atoms with Gasteiger partial charge in [-0.05, 0) is 12.0 Å². The molecule has 1 aliphatic carbocycles. The fourth-order valence-electron chi connectivity index (χ4n) is 1.84. The van der Waals surface area contributed by atoms with E-state index in [1.165, 1.54) is 0 Å². The van der Waals surface area contributed by atoms with Crippen molar-refractivity contribution >= 4 is 11.9 Å². The van der Waals surface area contributed by atoms with Crippen LogP contribution in [0.1, 0.15) is 17.9 Å². The van der Waals surface area contributed by atoms with Gasteiger partial charge in [0, 0.05) is 5.92 Å².